The number of rotatable bonds is 9. The summed E-state index contributed by atoms with van der Waals surface area (Å²) >= 11 is 4.92. The van der Waals surface area contributed by atoms with Crippen LogP contribution in [0.5, 0.6) is 0 Å². The van der Waals surface area contributed by atoms with Gasteiger partial charge in [-0.15, -0.1) is 0 Å². The van der Waals surface area contributed by atoms with E-state index in [1.807, 2.05) is 6.07 Å². The summed E-state index contributed by atoms with van der Waals surface area (Å²) in [6, 6.07) is 7.13. The molecule has 0 spiro atoms. The van der Waals surface area contributed by atoms with E-state index in [4.69, 9.17) is 18.0 Å². The van der Waals surface area contributed by atoms with Crippen LogP contribution >= 0.6 is 12.2 Å². The predicted molar refractivity (Wildman–Crippen MR) is 92.6 cm³/mol. The SMILES string of the molecule is CC(C)CCCCCCNC(=O)c1cccc(C(N)=S)c1. The van der Waals surface area contributed by atoms with Gasteiger partial charge in [-0.25, -0.2) is 0 Å². The Morgan fingerprint density at radius 1 is 1.19 bits per heavy atom. The molecule has 0 saturated carbocycles. The van der Waals surface area contributed by atoms with Gasteiger partial charge < -0.3 is 11.1 Å². The zero-order valence-electron chi connectivity index (χ0n) is 13.0. The number of amides is 1. The molecule has 1 aromatic rings. The molecule has 0 unspecified atom stereocenters. The number of benzene rings is 1. The largest absolute Gasteiger partial charge is 0.389 e. The van der Waals surface area contributed by atoms with Gasteiger partial charge in [-0.1, -0.05) is 63.9 Å². The Hall–Kier alpha value is -1.42. The Labute approximate surface area is 133 Å². The molecule has 0 fully saturated rings. The van der Waals surface area contributed by atoms with Crippen LogP contribution in [0.1, 0.15) is 61.9 Å². The number of hydrogen-bond donors (Lipinski definition) is 2. The van der Waals surface area contributed by atoms with E-state index < -0.39 is 0 Å². The number of thiocarbonyl (C=S) groups is 1. The van der Waals surface area contributed by atoms with Crippen molar-refractivity contribution >= 4 is 23.1 Å². The van der Waals surface area contributed by atoms with Crippen molar-refractivity contribution < 1.29 is 4.79 Å². The van der Waals surface area contributed by atoms with Crippen LogP contribution < -0.4 is 11.1 Å². The molecular formula is C17H26N2OS. The normalized spacial score (nSPS) is 10.6. The third-order valence-corrected chi connectivity index (χ3v) is 3.64. The Bertz CT molecular complexity index is 472. The maximum atomic E-state index is 12.0. The first-order valence-corrected chi connectivity index (χ1v) is 8.09. The van der Waals surface area contributed by atoms with Gasteiger partial charge in [-0.3, -0.25) is 4.79 Å². The van der Waals surface area contributed by atoms with E-state index in [-0.39, 0.29) is 5.91 Å². The zero-order valence-corrected chi connectivity index (χ0v) is 13.8. The molecule has 1 aromatic carbocycles. The van der Waals surface area contributed by atoms with Gasteiger partial charge in [-0.05, 0) is 24.5 Å². The first-order chi connectivity index (χ1) is 10.0. The molecule has 0 bridgehead atoms. The highest BCUT2D eigenvalue weighted by atomic mass is 32.1. The molecule has 0 saturated heterocycles. The van der Waals surface area contributed by atoms with Crippen molar-refractivity contribution in [3.8, 4) is 0 Å². The zero-order chi connectivity index (χ0) is 15.7. The summed E-state index contributed by atoms with van der Waals surface area (Å²) in [5.41, 5.74) is 6.91. The molecule has 116 valence electrons. The van der Waals surface area contributed by atoms with Crippen LogP contribution in [0.4, 0.5) is 0 Å². The fraction of sp³-hybridized carbons (Fsp3) is 0.529. The van der Waals surface area contributed by atoms with Crippen LogP contribution in [0, 0.1) is 5.92 Å². The van der Waals surface area contributed by atoms with Crippen molar-refractivity contribution in [2.24, 2.45) is 11.7 Å². The molecule has 0 radical (unpaired) electrons. The van der Waals surface area contributed by atoms with Crippen molar-refractivity contribution in [1.82, 2.24) is 5.32 Å². The summed E-state index contributed by atoms with van der Waals surface area (Å²) < 4.78 is 0. The number of carbonyl (C=O) groups is 1. The fourth-order valence-electron chi connectivity index (χ4n) is 2.15. The molecule has 0 aromatic heterocycles. The average molecular weight is 306 g/mol. The Kier molecular flexibility index (Phi) is 7.98. The van der Waals surface area contributed by atoms with Gasteiger partial charge >= 0.3 is 0 Å². The molecule has 0 aliphatic heterocycles. The van der Waals surface area contributed by atoms with Gasteiger partial charge in [0.25, 0.3) is 5.91 Å². The minimum Gasteiger partial charge on any atom is -0.389 e. The second-order valence-electron chi connectivity index (χ2n) is 5.80. The molecule has 0 aliphatic rings. The third kappa shape index (κ3) is 7.23. The van der Waals surface area contributed by atoms with E-state index in [0.717, 1.165) is 24.4 Å². The van der Waals surface area contributed by atoms with Crippen LogP contribution in [0.25, 0.3) is 0 Å². The molecule has 3 nitrogen and oxygen atoms in total. The summed E-state index contributed by atoms with van der Waals surface area (Å²) in [4.78, 5) is 12.3. The highest BCUT2D eigenvalue weighted by Crippen LogP contribution is 2.09. The quantitative estimate of drug-likeness (QED) is 0.541. The van der Waals surface area contributed by atoms with Crippen LogP contribution in [0.15, 0.2) is 24.3 Å². The predicted octanol–water partition coefficient (Wildman–Crippen LogP) is 3.66. The number of unbranched alkanes of at least 4 members (excludes halogenated alkanes) is 3. The number of nitrogens with one attached hydrogen (secondary N) is 1. The molecule has 0 atom stereocenters. The molecule has 1 amide bonds. The summed E-state index contributed by atoms with van der Waals surface area (Å²) in [5.74, 6) is 0.723. The maximum absolute atomic E-state index is 12.0. The standard InChI is InChI=1S/C17H26N2OS/c1-13(2)8-5-3-4-6-11-19-17(20)15-10-7-9-14(12-15)16(18)21/h7,9-10,12-13H,3-6,8,11H2,1-2H3,(H2,18,21)(H,19,20). The first-order valence-electron chi connectivity index (χ1n) is 7.68. The van der Waals surface area contributed by atoms with Gasteiger partial charge in [-0.2, -0.15) is 0 Å². The number of nitrogens with two attached hydrogens (primary N) is 1. The lowest BCUT2D eigenvalue weighted by molar-refractivity contribution is 0.0953. The fourth-order valence-corrected chi connectivity index (χ4v) is 2.28. The molecule has 21 heavy (non-hydrogen) atoms. The van der Waals surface area contributed by atoms with Gasteiger partial charge in [0.2, 0.25) is 0 Å². The van der Waals surface area contributed by atoms with Gasteiger partial charge in [0.1, 0.15) is 4.99 Å². The Balaban J connectivity index is 2.25. The van der Waals surface area contributed by atoms with E-state index in [0.29, 0.717) is 10.6 Å². The Morgan fingerprint density at radius 2 is 1.86 bits per heavy atom. The maximum Gasteiger partial charge on any atom is 0.251 e. The molecule has 0 heterocycles. The van der Waals surface area contributed by atoms with Crippen LogP contribution in [0.3, 0.4) is 0 Å². The minimum atomic E-state index is -0.0599. The molecule has 3 N–H and O–H groups in total. The third-order valence-electron chi connectivity index (χ3n) is 3.40. The Morgan fingerprint density at radius 3 is 2.52 bits per heavy atom. The van der Waals surface area contributed by atoms with Gasteiger partial charge in [0.15, 0.2) is 0 Å². The van der Waals surface area contributed by atoms with Crippen molar-refractivity contribution in [3.05, 3.63) is 35.4 Å². The van der Waals surface area contributed by atoms with Crippen molar-refractivity contribution in [2.75, 3.05) is 6.54 Å². The number of hydrogen-bond acceptors (Lipinski definition) is 2. The van der Waals surface area contributed by atoms with Crippen molar-refractivity contribution in [1.29, 1.82) is 0 Å². The van der Waals surface area contributed by atoms with Crippen LogP contribution in [-0.2, 0) is 0 Å². The van der Waals surface area contributed by atoms with E-state index in [2.05, 4.69) is 19.2 Å². The van der Waals surface area contributed by atoms with Crippen molar-refractivity contribution in [2.45, 2.75) is 46.0 Å². The van der Waals surface area contributed by atoms with E-state index in [1.54, 1.807) is 18.2 Å². The highest BCUT2D eigenvalue weighted by Gasteiger charge is 2.06. The lowest BCUT2D eigenvalue weighted by Crippen LogP contribution is -2.24. The smallest absolute Gasteiger partial charge is 0.251 e. The summed E-state index contributed by atoms with van der Waals surface area (Å²) in [5, 5.41) is 2.94. The highest BCUT2D eigenvalue weighted by molar-refractivity contribution is 7.80. The lowest BCUT2D eigenvalue weighted by Gasteiger charge is -2.07. The molecule has 1 rings (SSSR count). The molecule has 0 aliphatic carbocycles. The second kappa shape index (κ2) is 9.50. The minimum absolute atomic E-state index is 0.0599. The van der Waals surface area contributed by atoms with Crippen LogP contribution in [-0.4, -0.2) is 17.4 Å². The van der Waals surface area contributed by atoms with E-state index >= 15 is 0 Å². The monoisotopic (exact) mass is 306 g/mol. The second-order valence-corrected chi connectivity index (χ2v) is 6.24. The molecule has 4 heteroatoms. The topological polar surface area (TPSA) is 55.1 Å². The molecular weight excluding hydrogens is 280 g/mol. The first kappa shape index (κ1) is 17.6. The average Bonchev–Trinajstić information content (AvgIpc) is 2.45. The lowest BCUT2D eigenvalue weighted by atomic mass is 10.0. The van der Waals surface area contributed by atoms with Gasteiger partial charge in [0.05, 0.1) is 0 Å². The number of carbonyl (C=O) groups excluding carboxylic acids is 1. The van der Waals surface area contributed by atoms with Crippen LogP contribution in [0.2, 0.25) is 0 Å². The summed E-state index contributed by atoms with van der Waals surface area (Å²) in [6.45, 7) is 5.22. The van der Waals surface area contributed by atoms with E-state index in [1.165, 1.54) is 25.7 Å². The summed E-state index contributed by atoms with van der Waals surface area (Å²) in [7, 11) is 0. The van der Waals surface area contributed by atoms with Gasteiger partial charge in [0, 0.05) is 17.7 Å². The van der Waals surface area contributed by atoms with Crippen molar-refractivity contribution in [3.63, 3.8) is 0 Å². The van der Waals surface area contributed by atoms with E-state index in [9.17, 15) is 4.79 Å². The summed E-state index contributed by atoms with van der Waals surface area (Å²) in [6.07, 6.45) is 6.00.